The third kappa shape index (κ3) is 3.10. The van der Waals surface area contributed by atoms with E-state index in [1.54, 1.807) is 22.7 Å². The summed E-state index contributed by atoms with van der Waals surface area (Å²) in [6, 6.07) is 7.75. The summed E-state index contributed by atoms with van der Waals surface area (Å²) in [6.07, 6.45) is 0.467. The van der Waals surface area contributed by atoms with Crippen LogP contribution in [0.2, 0.25) is 0 Å². The maximum Gasteiger partial charge on any atom is 0.303 e. The number of amides is 1. The van der Waals surface area contributed by atoms with Crippen LogP contribution >= 0.6 is 22.7 Å². The number of hydrazone groups is 1. The van der Waals surface area contributed by atoms with Gasteiger partial charge < -0.3 is 5.11 Å². The first-order valence-corrected chi connectivity index (χ1v) is 8.59. The van der Waals surface area contributed by atoms with E-state index >= 15 is 0 Å². The van der Waals surface area contributed by atoms with Crippen LogP contribution < -0.4 is 0 Å². The number of carboxylic acids is 1. The lowest BCUT2D eigenvalue weighted by Gasteiger charge is -2.20. The minimum absolute atomic E-state index is 0.0293. The number of aliphatic carboxylic acids is 1. The number of carboxylic acid groups (broad SMARTS) is 1. The molecule has 0 saturated heterocycles. The van der Waals surface area contributed by atoms with Gasteiger partial charge in [-0.15, -0.1) is 22.7 Å². The highest BCUT2D eigenvalue weighted by Gasteiger charge is 2.33. The van der Waals surface area contributed by atoms with Crippen molar-refractivity contribution in [3.63, 3.8) is 0 Å². The van der Waals surface area contributed by atoms with Crippen LogP contribution in [0.3, 0.4) is 0 Å². The summed E-state index contributed by atoms with van der Waals surface area (Å²) < 4.78 is 0. The van der Waals surface area contributed by atoms with Gasteiger partial charge in [-0.3, -0.25) is 9.59 Å². The van der Waals surface area contributed by atoms with Crippen molar-refractivity contribution in [2.75, 3.05) is 0 Å². The minimum atomic E-state index is -0.970. The van der Waals surface area contributed by atoms with Crippen LogP contribution in [0.25, 0.3) is 0 Å². The SMILES string of the molecule is O=C(O)CCC(=O)N1N=C(c2cccs2)C[C@@H]1c1cccs1. The number of nitrogens with zero attached hydrogens (tertiary/aromatic N) is 2. The van der Waals surface area contributed by atoms with Crippen LogP contribution in [-0.2, 0) is 9.59 Å². The van der Waals surface area contributed by atoms with Crippen LogP contribution in [0.4, 0.5) is 0 Å². The normalized spacial score (nSPS) is 17.5. The molecule has 0 unspecified atom stereocenters. The van der Waals surface area contributed by atoms with E-state index in [0.29, 0.717) is 6.42 Å². The summed E-state index contributed by atoms with van der Waals surface area (Å²) >= 11 is 3.18. The van der Waals surface area contributed by atoms with E-state index in [4.69, 9.17) is 5.11 Å². The van der Waals surface area contributed by atoms with Gasteiger partial charge in [0.15, 0.2) is 0 Å². The Hall–Kier alpha value is -1.99. The molecule has 0 fully saturated rings. The first-order chi connectivity index (χ1) is 10.6. The molecule has 0 saturated carbocycles. The first-order valence-electron chi connectivity index (χ1n) is 6.84. The zero-order valence-electron chi connectivity index (χ0n) is 11.6. The molecule has 0 aliphatic carbocycles. The Bertz CT molecular complexity index is 692. The molecule has 3 heterocycles. The maximum atomic E-state index is 12.3. The highest BCUT2D eigenvalue weighted by atomic mass is 32.1. The standard InChI is InChI=1S/C15H14N2O3S2/c18-14(5-6-15(19)20)17-11(13-4-2-8-22-13)9-10(16-17)12-3-1-7-21-12/h1-4,7-8,11H,5-6,9H2,(H,19,20)/t11-/m1/s1. The van der Waals surface area contributed by atoms with Gasteiger partial charge in [-0.05, 0) is 22.9 Å². The molecule has 2 aromatic heterocycles. The largest absolute Gasteiger partial charge is 0.481 e. The molecule has 7 heteroatoms. The van der Waals surface area contributed by atoms with Crippen LogP contribution in [0, 0.1) is 0 Å². The number of hydrogen-bond donors (Lipinski definition) is 1. The monoisotopic (exact) mass is 334 g/mol. The number of hydrogen-bond acceptors (Lipinski definition) is 5. The topological polar surface area (TPSA) is 70.0 Å². The molecule has 0 bridgehead atoms. The first kappa shape index (κ1) is 14.9. The molecular weight excluding hydrogens is 320 g/mol. The molecule has 22 heavy (non-hydrogen) atoms. The van der Waals surface area contributed by atoms with Crippen LogP contribution in [0.1, 0.15) is 35.1 Å². The quantitative estimate of drug-likeness (QED) is 0.911. The van der Waals surface area contributed by atoms with Crippen molar-refractivity contribution in [1.82, 2.24) is 5.01 Å². The predicted molar refractivity (Wildman–Crippen MR) is 86.2 cm³/mol. The third-order valence-electron chi connectivity index (χ3n) is 3.40. The summed E-state index contributed by atoms with van der Waals surface area (Å²) in [4.78, 5) is 25.1. The number of carbonyl (C=O) groups is 2. The van der Waals surface area contributed by atoms with E-state index in [1.165, 1.54) is 5.01 Å². The average Bonchev–Trinajstić information content (AvgIpc) is 3.23. The predicted octanol–water partition coefficient (Wildman–Crippen LogP) is 3.35. The van der Waals surface area contributed by atoms with Gasteiger partial charge in [0.25, 0.3) is 0 Å². The second kappa shape index (κ2) is 6.41. The highest BCUT2D eigenvalue weighted by Crippen LogP contribution is 2.36. The fourth-order valence-corrected chi connectivity index (χ4v) is 3.90. The van der Waals surface area contributed by atoms with Crippen molar-refractivity contribution in [3.8, 4) is 0 Å². The van der Waals surface area contributed by atoms with Crippen molar-refractivity contribution < 1.29 is 14.7 Å². The van der Waals surface area contributed by atoms with E-state index in [2.05, 4.69) is 5.10 Å². The molecular formula is C15H14N2O3S2. The summed E-state index contributed by atoms with van der Waals surface area (Å²) in [7, 11) is 0. The number of thiophene rings is 2. The Morgan fingerprint density at radius 2 is 2.00 bits per heavy atom. The molecule has 114 valence electrons. The fraction of sp³-hybridized carbons (Fsp3) is 0.267. The molecule has 1 atom stereocenters. The van der Waals surface area contributed by atoms with E-state index in [9.17, 15) is 9.59 Å². The summed E-state index contributed by atoms with van der Waals surface area (Å²) in [5.74, 6) is -1.21. The lowest BCUT2D eigenvalue weighted by Crippen LogP contribution is -2.26. The molecule has 1 aliphatic rings. The summed E-state index contributed by atoms with van der Waals surface area (Å²) in [5, 5.41) is 18.6. The Kier molecular flexibility index (Phi) is 4.35. The van der Waals surface area contributed by atoms with Crippen molar-refractivity contribution in [2.45, 2.75) is 25.3 Å². The average molecular weight is 334 g/mol. The van der Waals surface area contributed by atoms with E-state index < -0.39 is 5.97 Å². The van der Waals surface area contributed by atoms with Crippen LogP contribution in [-0.4, -0.2) is 27.7 Å². The number of carbonyl (C=O) groups excluding carboxylic acids is 1. The molecule has 5 nitrogen and oxygen atoms in total. The fourth-order valence-electron chi connectivity index (χ4n) is 2.36. The van der Waals surface area contributed by atoms with Gasteiger partial charge >= 0.3 is 5.97 Å². The van der Waals surface area contributed by atoms with Crippen molar-refractivity contribution in [2.24, 2.45) is 5.10 Å². The van der Waals surface area contributed by atoms with E-state index in [0.717, 1.165) is 15.5 Å². The zero-order chi connectivity index (χ0) is 15.5. The molecule has 2 aromatic rings. The van der Waals surface area contributed by atoms with Crippen molar-refractivity contribution >= 4 is 40.3 Å². The van der Waals surface area contributed by atoms with Gasteiger partial charge in [0, 0.05) is 17.7 Å². The minimum Gasteiger partial charge on any atom is -0.481 e. The summed E-state index contributed by atoms with van der Waals surface area (Å²) in [5.41, 5.74) is 0.886. The van der Waals surface area contributed by atoms with Gasteiger partial charge in [0.05, 0.1) is 23.1 Å². The lowest BCUT2D eigenvalue weighted by molar-refractivity contribution is -0.141. The zero-order valence-corrected chi connectivity index (χ0v) is 13.3. The van der Waals surface area contributed by atoms with E-state index in [-0.39, 0.29) is 24.8 Å². The van der Waals surface area contributed by atoms with E-state index in [1.807, 2.05) is 35.0 Å². The Morgan fingerprint density at radius 1 is 1.23 bits per heavy atom. The van der Waals surface area contributed by atoms with Crippen LogP contribution in [0.5, 0.6) is 0 Å². The van der Waals surface area contributed by atoms with Gasteiger partial charge in [-0.25, -0.2) is 5.01 Å². The van der Waals surface area contributed by atoms with Gasteiger partial charge in [0.2, 0.25) is 5.91 Å². The van der Waals surface area contributed by atoms with Gasteiger partial charge in [0.1, 0.15) is 0 Å². The molecule has 3 rings (SSSR count). The van der Waals surface area contributed by atoms with Gasteiger partial charge in [-0.2, -0.15) is 5.10 Å². The molecule has 1 N–H and O–H groups in total. The Morgan fingerprint density at radius 3 is 2.64 bits per heavy atom. The molecule has 0 radical (unpaired) electrons. The maximum absolute atomic E-state index is 12.3. The second-order valence-electron chi connectivity index (χ2n) is 4.89. The van der Waals surface area contributed by atoms with Gasteiger partial charge in [-0.1, -0.05) is 12.1 Å². The molecule has 1 amide bonds. The van der Waals surface area contributed by atoms with Crippen molar-refractivity contribution in [1.29, 1.82) is 0 Å². The second-order valence-corrected chi connectivity index (χ2v) is 6.82. The third-order valence-corrected chi connectivity index (χ3v) is 5.29. The lowest BCUT2D eigenvalue weighted by atomic mass is 10.1. The van der Waals surface area contributed by atoms with Crippen LogP contribution in [0.15, 0.2) is 40.1 Å². The van der Waals surface area contributed by atoms with Crippen molar-refractivity contribution in [3.05, 3.63) is 44.8 Å². The molecule has 0 aromatic carbocycles. The highest BCUT2D eigenvalue weighted by molar-refractivity contribution is 7.12. The molecule has 0 spiro atoms. The Labute approximate surface area is 135 Å². The smallest absolute Gasteiger partial charge is 0.303 e. The Balaban J connectivity index is 1.84. The number of rotatable bonds is 5. The molecule has 1 aliphatic heterocycles. The summed E-state index contributed by atoms with van der Waals surface area (Å²) in [6.45, 7) is 0.